The van der Waals surface area contributed by atoms with Gasteiger partial charge in [0.05, 0.1) is 0 Å². The maximum absolute atomic E-state index is 12.4. The van der Waals surface area contributed by atoms with Crippen LogP contribution in [0.3, 0.4) is 0 Å². The molecule has 0 unspecified atom stereocenters. The van der Waals surface area contributed by atoms with E-state index in [9.17, 15) is 9.90 Å². The Morgan fingerprint density at radius 1 is 1.12 bits per heavy atom. The molecule has 2 saturated heterocycles. The number of carbonyl (C=O) groups is 1. The summed E-state index contributed by atoms with van der Waals surface area (Å²) >= 11 is 0. The molecule has 2 aromatic rings. The van der Waals surface area contributed by atoms with Gasteiger partial charge in [0.2, 0.25) is 0 Å². The van der Waals surface area contributed by atoms with Gasteiger partial charge in [-0.05, 0) is 29.7 Å². The zero-order valence-electron chi connectivity index (χ0n) is 14.4. The number of amides is 1. The van der Waals surface area contributed by atoms with Gasteiger partial charge in [0, 0.05) is 44.9 Å². The van der Waals surface area contributed by atoms with Crippen molar-refractivity contribution < 1.29 is 14.6 Å². The molecule has 0 radical (unpaired) electrons. The van der Waals surface area contributed by atoms with Gasteiger partial charge in [-0.25, -0.2) is 0 Å². The largest absolute Gasteiger partial charge is 0.508 e. The maximum Gasteiger partial charge on any atom is 0.251 e. The van der Waals surface area contributed by atoms with Crippen molar-refractivity contribution in [3.63, 3.8) is 0 Å². The second-order valence-electron chi connectivity index (χ2n) is 6.89. The molecule has 2 heterocycles. The van der Waals surface area contributed by atoms with Crippen LogP contribution in [0.25, 0.3) is 10.8 Å². The summed E-state index contributed by atoms with van der Waals surface area (Å²) in [5.74, 6) is 0.488. The molecule has 2 fully saturated rings. The fourth-order valence-corrected chi connectivity index (χ4v) is 3.82. The zero-order chi connectivity index (χ0) is 17.2. The van der Waals surface area contributed by atoms with E-state index in [1.54, 1.807) is 6.07 Å². The number of ether oxygens (including phenoxy) is 1. The van der Waals surface area contributed by atoms with Crippen LogP contribution in [0.1, 0.15) is 18.4 Å². The minimum atomic E-state index is -0.228. The molecule has 0 aliphatic carbocycles. The van der Waals surface area contributed by atoms with Gasteiger partial charge in [-0.1, -0.05) is 30.3 Å². The molecule has 2 aliphatic rings. The third-order valence-electron chi connectivity index (χ3n) is 5.29. The van der Waals surface area contributed by atoms with E-state index in [-0.39, 0.29) is 12.0 Å². The Bertz CT molecular complexity index is 763. The minimum Gasteiger partial charge on any atom is -0.508 e. The van der Waals surface area contributed by atoms with Crippen LogP contribution in [0.15, 0.2) is 36.4 Å². The average molecular weight is 340 g/mol. The van der Waals surface area contributed by atoms with Gasteiger partial charge in [-0.15, -0.1) is 0 Å². The van der Waals surface area contributed by atoms with Crippen molar-refractivity contribution in [3.05, 3.63) is 42.0 Å². The van der Waals surface area contributed by atoms with Gasteiger partial charge in [0.25, 0.3) is 5.91 Å². The Labute approximate surface area is 147 Å². The minimum absolute atomic E-state index is 0.144. The van der Waals surface area contributed by atoms with E-state index in [4.69, 9.17) is 4.74 Å². The number of carbonyl (C=O) groups excluding carboxylic acids is 1. The summed E-state index contributed by atoms with van der Waals surface area (Å²) in [5, 5.41) is 12.6. The molecule has 1 amide bonds. The Morgan fingerprint density at radius 2 is 1.92 bits per heavy atom. The Morgan fingerprint density at radius 3 is 2.68 bits per heavy atom. The maximum atomic E-state index is 12.4. The van der Waals surface area contributed by atoms with Gasteiger partial charge in [-0.3, -0.25) is 9.69 Å². The fraction of sp³-hybridized carbons (Fsp3) is 0.450. The summed E-state index contributed by atoms with van der Waals surface area (Å²) in [4.78, 5) is 16.7. The molecular weight excluding hydrogens is 316 g/mol. The van der Waals surface area contributed by atoms with Crippen LogP contribution in [0.4, 0.5) is 0 Å². The predicted molar refractivity (Wildman–Crippen MR) is 96.4 cm³/mol. The number of phenols is 1. The number of piperazine rings is 1. The van der Waals surface area contributed by atoms with Crippen LogP contribution in [-0.4, -0.2) is 59.7 Å². The van der Waals surface area contributed by atoms with Crippen molar-refractivity contribution in [2.24, 2.45) is 0 Å². The molecule has 25 heavy (non-hydrogen) atoms. The normalized spacial score (nSPS) is 21.8. The highest BCUT2D eigenvalue weighted by Gasteiger charge is 2.30. The first-order valence-corrected chi connectivity index (χ1v) is 9.05. The monoisotopic (exact) mass is 340 g/mol. The zero-order valence-corrected chi connectivity index (χ0v) is 14.4. The van der Waals surface area contributed by atoms with Crippen LogP contribution >= 0.6 is 0 Å². The van der Waals surface area contributed by atoms with Crippen LogP contribution < -0.4 is 0 Å². The highest BCUT2D eigenvalue weighted by molar-refractivity contribution is 5.87. The van der Waals surface area contributed by atoms with Crippen molar-refractivity contribution in [3.8, 4) is 5.75 Å². The first kappa shape index (κ1) is 16.4. The average Bonchev–Trinajstić information content (AvgIpc) is 3.19. The molecule has 0 aromatic heterocycles. The van der Waals surface area contributed by atoms with E-state index in [0.717, 1.165) is 55.4 Å². The smallest absolute Gasteiger partial charge is 0.251 e. The summed E-state index contributed by atoms with van der Waals surface area (Å²) in [7, 11) is 0. The first-order chi connectivity index (χ1) is 12.2. The van der Waals surface area contributed by atoms with Crippen molar-refractivity contribution in [2.45, 2.75) is 25.5 Å². The molecule has 0 spiro atoms. The SMILES string of the molecule is O=C([C@H]1CCCO1)N1CCN(Cc2c(O)ccc3ccccc23)CC1. The molecule has 5 heteroatoms. The topological polar surface area (TPSA) is 53.0 Å². The molecule has 1 atom stereocenters. The molecule has 132 valence electrons. The van der Waals surface area contributed by atoms with Crippen LogP contribution in [-0.2, 0) is 16.1 Å². The van der Waals surface area contributed by atoms with Crippen molar-refractivity contribution >= 4 is 16.7 Å². The van der Waals surface area contributed by atoms with Gasteiger partial charge in [-0.2, -0.15) is 0 Å². The van der Waals surface area contributed by atoms with Gasteiger partial charge in [0.1, 0.15) is 11.9 Å². The lowest BCUT2D eigenvalue weighted by Gasteiger charge is -2.36. The number of hydrogen-bond acceptors (Lipinski definition) is 4. The lowest BCUT2D eigenvalue weighted by atomic mass is 10.0. The summed E-state index contributed by atoms with van der Waals surface area (Å²) in [6.45, 7) is 4.50. The van der Waals surface area contributed by atoms with E-state index < -0.39 is 0 Å². The number of aromatic hydroxyl groups is 1. The Kier molecular flexibility index (Phi) is 4.59. The second kappa shape index (κ2) is 7.02. The number of hydrogen-bond donors (Lipinski definition) is 1. The second-order valence-corrected chi connectivity index (χ2v) is 6.89. The Hall–Kier alpha value is -2.11. The van der Waals surface area contributed by atoms with Gasteiger partial charge in [0.15, 0.2) is 0 Å². The summed E-state index contributed by atoms with van der Waals surface area (Å²) in [6.07, 6.45) is 1.60. The third-order valence-corrected chi connectivity index (χ3v) is 5.29. The van der Waals surface area contributed by atoms with E-state index in [1.807, 2.05) is 23.1 Å². The number of benzene rings is 2. The lowest BCUT2D eigenvalue weighted by molar-refractivity contribution is -0.142. The highest BCUT2D eigenvalue weighted by atomic mass is 16.5. The highest BCUT2D eigenvalue weighted by Crippen LogP contribution is 2.28. The molecular formula is C20H24N2O3. The van der Waals surface area contributed by atoms with Crippen LogP contribution in [0.5, 0.6) is 5.75 Å². The standard InChI is InChI=1S/C20H24N2O3/c23-18-8-7-15-4-1-2-5-16(15)17(18)14-21-9-11-22(12-10-21)20(24)19-6-3-13-25-19/h1-2,4-5,7-8,19,23H,3,6,9-14H2/t19-/m1/s1. The van der Waals surface area contributed by atoms with Crippen LogP contribution in [0.2, 0.25) is 0 Å². The molecule has 2 aromatic carbocycles. The number of fused-ring (bicyclic) bond motifs is 1. The third kappa shape index (κ3) is 3.34. The Balaban J connectivity index is 1.42. The number of nitrogens with zero attached hydrogens (tertiary/aromatic N) is 2. The molecule has 4 rings (SSSR count). The number of rotatable bonds is 3. The van der Waals surface area contributed by atoms with Gasteiger partial charge < -0.3 is 14.7 Å². The van der Waals surface area contributed by atoms with Crippen molar-refractivity contribution in [1.29, 1.82) is 0 Å². The van der Waals surface area contributed by atoms with E-state index >= 15 is 0 Å². The lowest BCUT2D eigenvalue weighted by Crippen LogP contribution is -2.51. The predicted octanol–water partition coefficient (Wildman–Crippen LogP) is 2.37. The quantitative estimate of drug-likeness (QED) is 0.932. The van der Waals surface area contributed by atoms with Crippen molar-refractivity contribution in [2.75, 3.05) is 32.8 Å². The van der Waals surface area contributed by atoms with Gasteiger partial charge >= 0.3 is 0 Å². The molecule has 2 aliphatic heterocycles. The van der Waals surface area contributed by atoms with E-state index in [2.05, 4.69) is 17.0 Å². The van der Waals surface area contributed by atoms with E-state index in [1.165, 1.54) is 0 Å². The summed E-state index contributed by atoms with van der Waals surface area (Å²) in [5.41, 5.74) is 0.969. The summed E-state index contributed by atoms with van der Waals surface area (Å²) in [6, 6.07) is 11.9. The number of phenolic OH excluding ortho intramolecular Hbond substituents is 1. The summed E-state index contributed by atoms with van der Waals surface area (Å²) < 4.78 is 5.52. The molecule has 5 nitrogen and oxygen atoms in total. The van der Waals surface area contributed by atoms with Crippen molar-refractivity contribution in [1.82, 2.24) is 9.80 Å². The molecule has 1 N–H and O–H groups in total. The van der Waals surface area contributed by atoms with E-state index in [0.29, 0.717) is 18.9 Å². The molecule has 0 saturated carbocycles. The fourth-order valence-electron chi connectivity index (χ4n) is 3.82. The molecule has 0 bridgehead atoms. The van der Waals surface area contributed by atoms with Crippen LogP contribution in [0, 0.1) is 0 Å². The first-order valence-electron chi connectivity index (χ1n) is 9.05.